The average molecular weight is 227 g/mol. The predicted molar refractivity (Wildman–Crippen MR) is 69.8 cm³/mol. The van der Waals surface area contributed by atoms with E-state index in [1.54, 1.807) is 0 Å². The molecule has 1 N–H and O–H groups in total. The lowest BCUT2D eigenvalue weighted by molar-refractivity contribution is 0.0853. The quantitative estimate of drug-likeness (QED) is 0.641. The van der Waals surface area contributed by atoms with Gasteiger partial charge in [-0.15, -0.1) is 0 Å². The van der Waals surface area contributed by atoms with E-state index in [-0.39, 0.29) is 0 Å². The van der Waals surface area contributed by atoms with E-state index in [9.17, 15) is 0 Å². The van der Waals surface area contributed by atoms with Crippen molar-refractivity contribution in [1.29, 1.82) is 0 Å². The summed E-state index contributed by atoms with van der Waals surface area (Å²) in [6, 6.07) is 0.806. The van der Waals surface area contributed by atoms with Crippen molar-refractivity contribution in [2.75, 3.05) is 13.7 Å². The molecule has 16 heavy (non-hydrogen) atoms. The van der Waals surface area contributed by atoms with Gasteiger partial charge in [0.25, 0.3) is 0 Å². The number of hydrogen-bond donors (Lipinski definition) is 1. The van der Waals surface area contributed by atoms with Gasteiger partial charge in [0.2, 0.25) is 0 Å². The molecule has 0 aliphatic heterocycles. The van der Waals surface area contributed by atoms with E-state index < -0.39 is 0 Å². The van der Waals surface area contributed by atoms with Crippen molar-refractivity contribution >= 4 is 0 Å². The van der Waals surface area contributed by atoms with Crippen LogP contribution < -0.4 is 5.32 Å². The first-order valence-electron chi connectivity index (χ1n) is 7.13. The Morgan fingerprint density at radius 3 is 2.56 bits per heavy atom. The van der Waals surface area contributed by atoms with Gasteiger partial charge < -0.3 is 10.1 Å². The maximum absolute atomic E-state index is 5.45. The van der Waals surface area contributed by atoms with Gasteiger partial charge in [0.05, 0.1) is 6.10 Å². The van der Waals surface area contributed by atoms with Crippen LogP contribution in [-0.4, -0.2) is 25.8 Å². The zero-order valence-corrected chi connectivity index (χ0v) is 11.1. The molecule has 0 amide bonds. The normalized spacial score (nSPS) is 19.9. The summed E-state index contributed by atoms with van der Waals surface area (Å²) in [4.78, 5) is 0. The van der Waals surface area contributed by atoms with Gasteiger partial charge >= 0.3 is 0 Å². The Balaban J connectivity index is 1.97. The summed E-state index contributed by atoms with van der Waals surface area (Å²) in [7, 11) is 1.84. The molecule has 0 bridgehead atoms. The van der Waals surface area contributed by atoms with Crippen LogP contribution in [0.3, 0.4) is 0 Å². The van der Waals surface area contributed by atoms with E-state index in [1.807, 2.05) is 7.11 Å². The SMILES string of the molecule is CCCC(CCCNC1CCCCC1)OC. The molecule has 1 unspecified atom stereocenters. The fraction of sp³-hybridized carbons (Fsp3) is 1.00. The second-order valence-electron chi connectivity index (χ2n) is 5.08. The molecule has 2 heteroatoms. The Labute approximate surface area is 101 Å². The number of nitrogens with one attached hydrogen (secondary N) is 1. The third-order valence-corrected chi connectivity index (χ3v) is 3.69. The summed E-state index contributed by atoms with van der Waals surface area (Å²) in [5.74, 6) is 0. The molecule has 1 aliphatic rings. The van der Waals surface area contributed by atoms with Crippen LogP contribution in [0.4, 0.5) is 0 Å². The third kappa shape index (κ3) is 5.86. The molecule has 0 heterocycles. The molecule has 1 atom stereocenters. The Morgan fingerprint density at radius 2 is 1.94 bits per heavy atom. The fourth-order valence-electron chi connectivity index (χ4n) is 2.64. The van der Waals surface area contributed by atoms with Crippen LogP contribution in [0.5, 0.6) is 0 Å². The van der Waals surface area contributed by atoms with Crippen LogP contribution in [0, 0.1) is 0 Å². The first kappa shape index (κ1) is 14.0. The molecule has 0 aromatic heterocycles. The van der Waals surface area contributed by atoms with E-state index >= 15 is 0 Å². The number of methoxy groups -OCH3 is 1. The number of rotatable bonds is 8. The van der Waals surface area contributed by atoms with Crippen molar-refractivity contribution in [1.82, 2.24) is 5.32 Å². The summed E-state index contributed by atoms with van der Waals surface area (Å²) >= 11 is 0. The van der Waals surface area contributed by atoms with Crippen LogP contribution in [0.25, 0.3) is 0 Å². The highest BCUT2D eigenvalue weighted by Gasteiger charge is 2.12. The summed E-state index contributed by atoms with van der Waals surface area (Å²) in [5, 5.41) is 3.69. The highest BCUT2D eigenvalue weighted by Crippen LogP contribution is 2.17. The lowest BCUT2D eigenvalue weighted by Gasteiger charge is -2.23. The Hall–Kier alpha value is -0.0800. The van der Waals surface area contributed by atoms with Gasteiger partial charge in [0.1, 0.15) is 0 Å². The minimum atomic E-state index is 0.484. The second-order valence-corrected chi connectivity index (χ2v) is 5.08. The van der Waals surface area contributed by atoms with Gasteiger partial charge in [-0.05, 0) is 38.6 Å². The van der Waals surface area contributed by atoms with Crippen molar-refractivity contribution in [2.45, 2.75) is 76.9 Å². The average Bonchev–Trinajstić information content (AvgIpc) is 2.34. The highest BCUT2D eigenvalue weighted by molar-refractivity contribution is 4.71. The van der Waals surface area contributed by atoms with E-state index in [4.69, 9.17) is 4.74 Å². The monoisotopic (exact) mass is 227 g/mol. The lowest BCUT2D eigenvalue weighted by Crippen LogP contribution is -2.32. The summed E-state index contributed by atoms with van der Waals surface area (Å²) in [5.41, 5.74) is 0. The molecular weight excluding hydrogens is 198 g/mol. The van der Waals surface area contributed by atoms with Crippen LogP contribution in [0.1, 0.15) is 64.7 Å². The molecular formula is C14H29NO. The molecule has 1 fully saturated rings. The molecule has 2 nitrogen and oxygen atoms in total. The summed E-state index contributed by atoms with van der Waals surface area (Å²) < 4.78 is 5.45. The lowest BCUT2D eigenvalue weighted by atomic mass is 9.95. The van der Waals surface area contributed by atoms with Crippen molar-refractivity contribution in [3.05, 3.63) is 0 Å². The van der Waals surface area contributed by atoms with Crippen LogP contribution in [0.15, 0.2) is 0 Å². The zero-order chi connectivity index (χ0) is 11.6. The van der Waals surface area contributed by atoms with Gasteiger partial charge in [-0.1, -0.05) is 32.6 Å². The molecule has 0 aromatic rings. The molecule has 96 valence electrons. The third-order valence-electron chi connectivity index (χ3n) is 3.69. The molecule has 0 saturated heterocycles. The van der Waals surface area contributed by atoms with Crippen LogP contribution in [0.2, 0.25) is 0 Å². The number of hydrogen-bond acceptors (Lipinski definition) is 2. The second kappa shape index (κ2) is 9.00. The maximum Gasteiger partial charge on any atom is 0.0571 e. The summed E-state index contributed by atoms with van der Waals surface area (Å²) in [6.45, 7) is 3.40. The molecule has 0 spiro atoms. The van der Waals surface area contributed by atoms with Gasteiger partial charge in [-0.25, -0.2) is 0 Å². The van der Waals surface area contributed by atoms with Crippen LogP contribution in [-0.2, 0) is 4.74 Å². The van der Waals surface area contributed by atoms with E-state index in [2.05, 4.69) is 12.2 Å². The standard InChI is InChI=1S/C14H29NO/c1-3-8-14(16-2)11-7-12-15-13-9-5-4-6-10-13/h13-15H,3-12H2,1-2H3. The Bertz CT molecular complexity index is 148. The van der Waals surface area contributed by atoms with Crippen molar-refractivity contribution in [3.8, 4) is 0 Å². The molecule has 0 aromatic carbocycles. The fourth-order valence-corrected chi connectivity index (χ4v) is 2.64. The minimum absolute atomic E-state index is 0.484. The first-order chi connectivity index (χ1) is 7.86. The van der Waals surface area contributed by atoms with Gasteiger partial charge in [-0.2, -0.15) is 0 Å². The number of ether oxygens (including phenoxy) is 1. The Morgan fingerprint density at radius 1 is 1.19 bits per heavy atom. The molecule has 1 saturated carbocycles. The largest absolute Gasteiger partial charge is 0.381 e. The van der Waals surface area contributed by atoms with E-state index in [1.165, 1.54) is 64.3 Å². The highest BCUT2D eigenvalue weighted by atomic mass is 16.5. The van der Waals surface area contributed by atoms with Gasteiger partial charge in [0, 0.05) is 13.2 Å². The first-order valence-corrected chi connectivity index (χ1v) is 7.13. The predicted octanol–water partition coefficient (Wildman–Crippen LogP) is 3.50. The van der Waals surface area contributed by atoms with Gasteiger partial charge in [-0.3, -0.25) is 0 Å². The smallest absolute Gasteiger partial charge is 0.0571 e. The Kier molecular flexibility index (Phi) is 7.87. The molecule has 0 radical (unpaired) electrons. The van der Waals surface area contributed by atoms with Crippen molar-refractivity contribution in [2.24, 2.45) is 0 Å². The topological polar surface area (TPSA) is 21.3 Å². The van der Waals surface area contributed by atoms with Gasteiger partial charge in [0.15, 0.2) is 0 Å². The molecule has 1 aliphatic carbocycles. The van der Waals surface area contributed by atoms with E-state index in [0.29, 0.717) is 6.10 Å². The van der Waals surface area contributed by atoms with E-state index in [0.717, 1.165) is 6.04 Å². The minimum Gasteiger partial charge on any atom is -0.381 e. The molecule has 1 rings (SSSR count). The zero-order valence-electron chi connectivity index (χ0n) is 11.1. The summed E-state index contributed by atoms with van der Waals surface area (Å²) in [6.07, 6.45) is 12.5. The van der Waals surface area contributed by atoms with Crippen molar-refractivity contribution < 1.29 is 4.74 Å². The van der Waals surface area contributed by atoms with Crippen molar-refractivity contribution in [3.63, 3.8) is 0 Å². The maximum atomic E-state index is 5.45. The van der Waals surface area contributed by atoms with Crippen LogP contribution >= 0.6 is 0 Å².